The molecule has 1 fully saturated rings. The Morgan fingerprint density at radius 2 is 2.00 bits per heavy atom. The summed E-state index contributed by atoms with van der Waals surface area (Å²) < 4.78 is 5.48. The minimum absolute atomic E-state index is 0.00140. The first-order chi connectivity index (χ1) is 11.1. The number of fused-ring (bicyclic) bond motifs is 1. The lowest BCUT2D eigenvalue weighted by atomic mass is 9.91. The number of carbonyl (C=O) groups excluding carboxylic acids is 2. The summed E-state index contributed by atoms with van der Waals surface area (Å²) in [5.41, 5.74) is 1.13. The Labute approximate surface area is 136 Å². The number of nitrogens with zero attached hydrogens (tertiary/aromatic N) is 2. The zero-order chi connectivity index (χ0) is 16.4. The zero-order valence-corrected chi connectivity index (χ0v) is 13.9. The number of hydrogen-bond acceptors (Lipinski definition) is 3. The van der Waals surface area contributed by atoms with E-state index in [1.165, 1.54) is 0 Å². The number of likely N-dealkylation sites (tertiary alicyclic amines) is 1. The molecule has 0 aromatic carbocycles. The van der Waals surface area contributed by atoms with Crippen LogP contribution in [0.1, 0.15) is 43.0 Å². The molecule has 0 spiro atoms. The average molecular weight is 319 g/mol. The normalized spacial score (nSPS) is 21.7. The Hall–Kier alpha value is -1.98. The van der Waals surface area contributed by atoms with Crippen LogP contribution in [-0.4, -0.2) is 48.9 Å². The molecule has 1 aliphatic heterocycles. The second kappa shape index (κ2) is 6.64. The van der Waals surface area contributed by atoms with Crippen LogP contribution in [0.4, 0.5) is 4.79 Å². The molecule has 6 nitrogen and oxygen atoms in total. The van der Waals surface area contributed by atoms with Gasteiger partial charge in [0.25, 0.3) is 0 Å². The molecule has 0 bridgehead atoms. The van der Waals surface area contributed by atoms with E-state index in [2.05, 4.69) is 5.32 Å². The molecular weight excluding hydrogens is 294 g/mol. The molecule has 1 atom stereocenters. The highest BCUT2D eigenvalue weighted by Gasteiger charge is 2.30. The van der Waals surface area contributed by atoms with Crippen LogP contribution in [0.3, 0.4) is 0 Å². The monoisotopic (exact) mass is 319 g/mol. The van der Waals surface area contributed by atoms with E-state index in [0.717, 1.165) is 43.4 Å². The second-order valence-electron chi connectivity index (χ2n) is 6.69. The maximum absolute atomic E-state index is 12.6. The van der Waals surface area contributed by atoms with E-state index in [4.69, 9.17) is 4.42 Å². The van der Waals surface area contributed by atoms with Crippen molar-refractivity contribution in [2.45, 2.75) is 38.1 Å². The van der Waals surface area contributed by atoms with E-state index in [-0.39, 0.29) is 23.9 Å². The van der Waals surface area contributed by atoms with E-state index < -0.39 is 0 Å². The van der Waals surface area contributed by atoms with E-state index in [1.807, 2.05) is 11.0 Å². The molecule has 2 aliphatic rings. The summed E-state index contributed by atoms with van der Waals surface area (Å²) >= 11 is 0. The number of carbonyl (C=O) groups is 2. The van der Waals surface area contributed by atoms with Gasteiger partial charge in [-0.05, 0) is 31.7 Å². The summed E-state index contributed by atoms with van der Waals surface area (Å²) in [6.45, 7) is 1.30. The molecule has 1 aliphatic carbocycles. The number of rotatable bonds is 2. The largest absolute Gasteiger partial charge is 0.469 e. The smallest absolute Gasteiger partial charge is 0.319 e. The van der Waals surface area contributed by atoms with Crippen LogP contribution in [0, 0.1) is 5.92 Å². The van der Waals surface area contributed by atoms with E-state index in [0.29, 0.717) is 13.1 Å². The molecule has 0 saturated carbocycles. The van der Waals surface area contributed by atoms with E-state index >= 15 is 0 Å². The quantitative estimate of drug-likeness (QED) is 0.908. The van der Waals surface area contributed by atoms with Crippen molar-refractivity contribution in [1.29, 1.82) is 0 Å². The lowest BCUT2D eigenvalue weighted by Gasteiger charge is -2.34. The fourth-order valence-electron chi connectivity index (χ4n) is 3.54. The summed E-state index contributed by atoms with van der Waals surface area (Å²) in [6.07, 6.45) is 6.14. The van der Waals surface area contributed by atoms with Gasteiger partial charge in [0, 0.05) is 45.1 Å². The lowest BCUT2D eigenvalue weighted by molar-refractivity contribution is -0.127. The third-order valence-corrected chi connectivity index (χ3v) is 4.89. The SMILES string of the molecule is CN(C)C(=O)N1CCC(C(=O)NC2CCCc3occc32)CC1. The van der Waals surface area contributed by atoms with Crippen LogP contribution >= 0.6 is 0 Å². The van der Waals surface area contributed by atoms with Gasteiger partial charge < -0.3 is 19.5 Å². The average Bonchev–Trinajstić information content (AvgIpc) is 3.04. The third kappa shape index (κ3) is 3.35. The molecule has 3 rings (SSSR count). The Balaban J connectivity index is 1.54. The predicted molar refractivity (Wildman–Crippen MR) is 85.9 cm³/mol. The minimum Gasteiger partial charge on any atom is -0.469 e. The fraction of sp³-hybridized carbons (Fsp3) is 0.647. The van der Waals surface area contributed by atoms with Crippen molar-refractivity contribution >= 4 is 11.9 Å². The van der Waals surface area contributed by atoms with E-state index in [1.54, 1.807) is 25.3 Å². The molecule has 1 aromatic rings. The first-order valence-electron chi connectivity index (χ1n) is 8.39. The molecule has 1 N–H and O–H groups in total. The minimum atomic E-state index is -0.00140. The highest BCUT2D eigenvalue weighted by Crippen LogP contribution is 2.31. The summed E-state index contributed by atoms with van der Waals surface area (Å²) in [5, 5.41) is 3.18. The molecule has 1 aromatic heterocycles. The Morgan fingerprint density at radius 1 is 1.26 bits per heavy atom. The number of urea groups is 1. The maximum Gasteiger partial charge on any atom is 0.319 e. The zero-order valence-electron chi connectivity index (χ0n) is 13.9. The third-order valence-electron chi connectivity index (χ3n) is 4.89. The van der Waals surface area contributed by atoms with Gasteiger partial charge in [-0.15, -0.1) is 0 Å². The van der Waals surface area contributed by atoms with Crippen LogP contribution in [0.15, 0.2) is 16.7 Å². The number of amides is 3. The summed E-state index contributed by atoms with van der Waals surface area (Å²) in [5.74, 6) is 1.12. The Bertz CT molecular complexity index is 573. The van der Waals surface area contributed by atoms with Gasteiger partial charge in [0.1, 0.15) is 5.76 Å². The molecular formula is C17H25N3O3. The summed E-state index contributed by atoms with van der Waals surface area (Å²) in [4.78, 5) is 27.9. The summed E-state index contributed by atoms with van der Waals surface area (Å²) in [6, 6.07) is 2.07. The van der Waals surface area contributed by atoms with Gasteiger partial charge in [0.15, 0.2) is 0 Å². The van der Waals surface area contributed by atoms with Gasteiger partial charge in [0.2, 0.25) is 5.91 Å². The number of aryl methyl sites for hydroxylation is 1. The molecule has 23 heavy (non-hydrogen) atoms. The molecule has 1 unspecified atom stereocenters. The number of nitrogens with one attached hydrogen (secondary N) is 1. The first kappa shape index (κ1) is 15.9. The van der Waals surface area contributed by atoms with Crippen LogP contribution < -0.4 is 5.32 Å². The van der Waals surface area contributed by atoms with Crippen molar-refractivity contribution in [2.75, 3.05) is 27.2 Å². The van der Waals surface area contributed by atoms with Gasteiger partial charge in [0.05, 0.1) is 12.3 Å². The molecule has 126 valence electrons. The highest BCUT2D eigenvalue weighted by atomic mass is 16.3. The van der Waals surface area contributed by atoms with Gasteiger partial charge >= 0.3 is 6.03 Å². The maximum atomic E-state index is 12.6. The van der Waals surface area contributed by atoms with Crippen LogP contribution in [-0.2, 0) is 11.2 Å². The van der Waals surface area contributed by atoms with Crippen molar-refractivity contribution in [2.24, 2.45) is 5.92 Å². The first-order valence-corrected chi connectivity index (χ1v) is 8.39. The van der Waals surface area contributed by atoms with Gasteiger partial charge in [-0.1, -0.05) is 0 Å². The van der Waals surface area contributed by atoms with E-state index in [9.17, 15) is 9.59 Å². The molecule has 2 heterocycles. The second-order valence-corrected chi connectivity index (χ2v) is 6.69. The number of hydrogen-bond donors (Lipinski definition) is 1. The molecule has 6 heteroatoms. The Kier molecular flexibility index (Phi) is 4.59. The number of piperidine rings is 1. The molecule has 3 amide bonds. The van der Waals surface area contributed by atoms with Crippen LogP contribution in [0.2, 0.25) is 0 Å². The van der Waals surface area contributed by atoms with Crippen molar-refractivity contribution < 1.29 is 14.0 Å². The Morgan fingerprint density at radius 3 is 2.70 bits per heavy atom. The van der Waals surface area contributed by atoms with Gasteiger partial charge in [-0.3, -0.25) is 4.79 Å². The molecule has 1 saturated heterocycles. The topological polar surface area (TPSA) is 65.8 Å². The molecule has 0 radical (unpaired) electrons. The van der Waals surface area contributed by atoms with Crippen LogP contribution in [0.5, 0.6) is 0 Å². The van der Waals surface area contributed by atoms with Crippen molar-refractivity contribution in [3.63, 3.8) is 0 Å². The highest BCUT2D eigenvalue weighted by molar-refractivity contribution is 5.80. The standard InChI is InChI=1S/C17H25N3O3/c1-19(2)17(22)20-9-6-12(7-10-20)16(21)18-14-4-3-5-15-13(14)8-11-23-15/h8,11-12,14H,3-7,9-10H2,1-2H3,(H,18,21). The van der Waals surface area contributed by atoms with Crippen molar-refractivity contribution in [3.05, 3.63) is 23.7 Å². The van der Waals surface area contributed by atoms with Crippen molar-refractivity contribution in [3.8, 4) is 0 Å². The van der Waals surface area contributed by atoms with Gasteiger partial charge in [-0.25, -0.2) is 4.79 Å². The fourth-order valence-corrected chi connectivity index (χ4v) is 3.54. The lowest BCUT2D eigenvalue weighted by Crippen LogP contribution is -2.47. The van der Waals surface area contributed by atoms with Gasteiger partial charge in [-0.2, -0.15) is 0 Å². The summed E-state index contributed by atoms with van der Waals surface area (Å²) in [7, 11) is 3.51. The predicted octanol–water partition coefficient (Wildman–Crippen LogP) is 2.17. The van der Waals surface area contributed by atoms with Crippen LogP contribution in [0.25, 0.3) is 0 Å². The number of furan rings is 1. The van der Waals surface area contributed by atoms with Crippen molar-refractivity contribution in [1.82, 2.24) is 15.1 Å².